The first kappa shape index (κ1) is 16.7. The van der Waals surface area contributed by atoms with E-state index in [0.717, 1.165) is 32.1 Å². The molecule has 3 unspecified atom stereocenters. The molecule has 0 aromatic heterocycles. The summed E-state index contributed by atoms with van der Waals surface area (Å²) in [5.41, 5.74) is 6.70. The van der Waals surface area contributed by atoms with E-state index in [4.69, 9.17) is 10.5 Å². The van der Waals surface area contributed by atoms with Crippen LogP contribution in [0.25, 0.3) is 0 Å². The van der Waals surface area contributed by atoms with Gasteiger partial charge in [-0.3, -0.25) is 0 Å². The summed E-state index contributed by atoms with van der Waals surface area (Å²) in [6, 6.07) is 0. The Balaban J connectivity index is 1.85. The smallest absolute Gasteiger partial charge is 0.338 e. The molecular formula is C19H29NO3. The zero-order valence-electron chi connectivity index (χ0n) is 14.3. The lowest BCUT2D eigenvalue weighted by atomic mass is 9.47. The molecule has 128 valence electrons. The molecule has 3 rings (SSSR count). The predicted molar refractivity (Wildman–Crippen MR) is 89.5 cm³/mol. The number of allylic oxidation sites excluding steroid dienone is 1. The predicted octanol–water partition coefficient (Wildman–Crippen LogP) is 2.57. The number of esters is 1. The number of hydrogen-bond donors (Lipinski definition) is 2. The van der Waals surface area contributed by atoms with E-state index in [0.29, 0.717) is 30.6 Å². The van der Waals surface area contributed by atoms with Gasteiger partial charge in [0.25, 0.3) is 0 Å². The number of carbonyl (C=O) groups excluding carboxylic acids is 1. The number of nitrogens with two attached hydrogens (primary N) is 1. The fourth-order valence-corrected chi connectivity index (χ4v) is 5.24. The van der Waals surface area contributed by atoms with Crippen molar-refractivity contribution in [1.82, 2.24) is 0 Å². The molecule has 4 nitrogen and oxygen atoms in total. The molecule has 2 saturated carbocycles. The first-order chi connectivity index (χ1) is 10.9. The molecular weight excluding hydrogens is 290 g/mol. The maximum absolute atomic E-state index is 11.6. The molecule has 1 aliphatic heterocycles. The average Bonchev–Trinajstić information content (AvgIpc) is 2.95. The number of ether oxygens (including phenoxy) is 1. The van der Waals surface area contributed by atoms with E-state index in [1.54, 1.807) is 0 Å². The molecule has 2 aliphatic carbocycles. The van der Waals surface area contributed by atoms with Crippen molar-refractivity contribution >= 4 is 5.97 Å². The highest BCUT2D eigenvalue weighted by atomic mass is 16.5. The van der Waals surface area contributed by atoms with Crippen LogP contribution in [0, 0.1) is 22.7 Å². The van der Waals surface area contributed by atoms with Crippen molar-refractivity contribution in [2.24, 2.45) is 28.4 Å². The molecule has 3 aliphatic rings. The van der Waals surface area contributed by atoms with Gasteiger partial charge < -0.3 is 15.6 Å². The van der Waals surface area contributed by atoms with Crippen LogP contribution in [0.5, 0.6) is 0 Å². The first-order valence-corrected chi connectivity index (χ1v) is 8.85. The Morgan fingerprint density at radius 2 is 2.17 bits per heavy atom. The monoisotopic (exact) mass is 319 g/mol. The molecule has 0 bridgehead atoms. The van der Waals surface area contributed by atoms with Crippen LogP contribution in [0.2, 0.25) is 0 Å². The van der Waals surface area contributed by atoms with Gasteiger partial charge in [-0.15, -0.1) is 0 Å². The summed E-state index contributed by atoms with van der Waals surface area (Å²) in [5.74, 6) is 0.634. The number of fused-ring (bicyclic) bond motifs is 1. The quantitative estimate of drug-likeness (QED) is 0.784. The fourth-order valence-electron chi connectivity index (χ4n) is 5.24. The molecule has 0 spiro atoms. The van der Waals surface area contributed by atoms with E-state index in [1.165, 1.54) is 0 Å². The lowest BCUT2D eigenvalue weighted by molar-refractivity contribution is -0.135. The molecule has 0 aromatic rings. The number of carbonyl (C=O) groups is 1. The van der Waals surface area contributed by atoms with Crippen LogP contribution in [0.1, 0.15) is 46.0 Å². The summed E-state index contributed by atoms with van der Waals surface area (Å²) >= 11 is 0. The van der Waals surface area contributed by atoms with E-state index >= 15 is 0 Å². The third kappa shape index (κ3) is 2.66. The van der Waals surface area contributed by atoms with Crippen LogP contribution in [-0.2, 0) is 9.53 Å². The van der Waals surface area contributed by atoms with E-state index in [-0.39, 0.29) is 22.9 Å². The van der Waals surface area contributed by atoms with Crippen LogP contribution in [-0.4, -0.2) is 30.3 Å². The second-order valence-electron chi connectivity index (χ2n) is 7.98. The number of aliphatic hydroxyl groups is 1. The Kier molecular flexibility index (Phi) is 4.41. The third-order valence-electron chi connectivity index (χ3n) is 6.87. The Hall–Kier alpha value is -1.13. The van der Waals surface area contributed by atoms with Crippen molar-refractivity contribution in [3.8, 4) is 0 Å². The Morgan fingerprint density at radius 1 is 1.39 bits per heavy atom. The molecule has 23 heavy (non-hydrogen) atoms. The van der Waals surface area contributed by atoms with Crippen molar-refractivity contribution in [1.29, 1.82) is 0 Å². The van der Waals surface area contributed by atoms with Crippen LogP contribution >= 0.6 is 0 Å². The molecule has 2 fully saturated rings. The van der Waals surface area contributed by atoms with E-state index < -0.39 is 0 Å². The topological polar surface area (TPSA) is 72.6 Å². The van der Waals surface area contributed by atoms with Gasteiger partial charge in [-0.05, 0) is 49.0 Å². The van der Waals surface area contributed by atoms with Crippen LogP contribution in [0.3, 0.4) is 0 Å². The second kappa shape index (κ2) is 6.06. The minimum atomic E-state index is -0.305. The van der Waals surface area contributed by atoms with Crippen molar-refractivity contribution in [2.45, 2.75) is 52.1 Å². The molecule has 0 amide bonds. The highest BCUT2D eigenvalue weighted by Gasteiger charge is 2.55. The van der Waals surface area contributed by atoms with Crippen LogP contribution in [0.4, 0.5) is 0 Å². The average molecular weight is 319 g/mol. The fraction of sp³-hybridized carbons (Fsp3) is 0.737. The minimum absolute atomic E-state index is 0.144. The van der Waals surface area contributed by atoms with E-state index in [2.05, 4.69) is 19.9 Å². The Labute approximate surface area is 138 Å². The van der Waals surface area contributed by atoms with Gasteiger partial charge in [0.15, 0.2) is 0 Å². The maximum atomic E-state index is 11.6. The zero-order valence-corrected chi connectivity index (χ0v) is 14.3. The van der Waals surface area contributed by atoms with Gasteiger partial charge in [0, 0.05) is 12.0 Å². The zero-order chi connectivity index (χ0) is 16.7. The molecule has 0 radical (unpaired) electrons. The van der Waals surface area contributed by atoms with Gasteiger partial charge in [-0.25, -0.2) is 4.79 Å². The highest BCUT2D eigenvalue weighted by molar-refractivity contribution is 5.93. The van der Waals surface area contributed by atoms with Gasteiger partial charge in [-0.2, -0.15) is 0 Å². The maximum Gasteiger partial charge on any atom is 0.338 e. The number of rotatable bonds is 3. The second-order valence-corrected chi connectivity index (χ2v) is 7.98. The molecule has 0 aromatic carbocycles. The van der Waals surface area contributed by atoms with Crippen molar-refractivity contribution in [2.75, 3.05) is 13.2 Å². The molecule has 4 heteroatoms. The summed E-state index contributed by atoms with van der Waals surface area (Å²) in [7, 11) is 0. The molecule has 5 atom stereocenters. The standard InChI is InChI=1S/C19H29NO3/c1-18-10-8-16(21)19(2,12-20)15(18)5-3-4-14(18)7-6-13-9-11-23-17(13)22/h6-7,9,14-16,21H,3-5,8,10-12,20H2,1-2H3/b7-6+/t14?,15-,16?,18?,19-/m0/s1. The van der Waals surface area contributed by atoms with Crippen molar-refractivity contribution < 1.29 is 14.6 Å². The normalized spacial score (nSPS) is 44.1. The lowest BCUT2D eigenvalue weighted by Crippen LogP contribution is -2.58. The SMILES string of the molecule is CC12CCC(O)[C@@](C)(CN)[C@H]1CCCC2/C=C/C1=CCOC1=O. The van der Waals surface area contributed by atoms with Crippen molar-refractivity contribution in [3.05, 3.63) is 23.8 Å². The minimum Gasteiger partial charge on any atom is -0.458 e. The van der Waals surface area contributed by atoms with Crippen LogP contribution in [0.15, 0.2) is 23.8 Å². The lowest BCUT2D eigenvalue weighted by Gasteiger charge is -2.59. The molecule has 0 saturated heterocycles. The number of hydrogen-bond acceptors (Lipinski definition) is 4. The summed E-state index contributed by atoms with van der Waals surface area (Å²) in [6.45, 7) is 5.43. The number of cyclic esters (lactones) is 1. The van der Waals surface area contributed by atoms with Gasteiger partial charge >= 0.3 is 5.97 Å². The van der Waals surface area contributed by atoms with Gasteiger partial charge in [0.1, 0.15) is 6.61 Å². The highest BCUT2D eigenvalue weighted by Crippen LogP contribution is 2.60. The summed E-state index contributed by atoms with van der Waals surface area (Å²) < 4.78 is 4.97. The van der Waals surface area contributed by atoms with Gasteiger partial charge in [0.05, 0.1) is 11.7 Å². The summed E-state index contributed by atoms with van der Waals surface area (Å²) in [6.07, 6.45) is 11.0. The molecule has 3 N–H and O–H groups in total. The van der Waals surface area contributed by atoms with Crippen molar-refractivity contribution in [3.63, 3.8) is 0 Å². The van der Waals surface area contributed by atoms with Crippen LogP contribution < -0.4 is 5.73 Å². The van der Waals surface area contributed by atoms with E-state index in [1.807, 2.05) is 12.2 Å². The third-order valence-corrected chi connectivity index (χ3v) is 6.87. The summed E-state index contributed by atoms with van der Waals surface area (Å²) in [4.78, 5) is 11.6. The molecule has 1 heterocycles. The van der Waals surface area contributed by atoms with Gasteiger partial charge in [-0.1, -0.05) is 32.4 Å². The largest absolute Gasteiger partial charge is 0.458 e. The Morgan fingerprint density at radius 3 is 2.83 bits per heavy atom. The summed E-state index contributed by atoms with van der Waals surface area (Å²) in [5, 5.41) is 10.5. The van der Waals surface area contributed by atoms with E-state index in [9.17, 15) is 9.90 Å². The van der Waals surface area contributed by atoms with Gasteiger partial charge in [0.2, 0.25) is 0 Å². The first-order valence-electron chi connectivity index (χ1n) is 8.85. The Bertz CT molecular complexity index is 541. The number of aliphatic hydroxyl groups excluding tert-OH is 1.